The van der Waals surface area contributed by atoms with Crippen LogP contribution in [-0.2, 0) is 4.79 Å². The number of carbonyl (C=O) groups excluding carboxylic acids is 1. The van der Waals surface area contributed by atoms with Crippen molar-refractivity contribution in [1.82, 2.24) is 9.80 Å². The normalized spacial score (nSPS) is 22.0. The molecule has 1 aromatic carbocycles. The highest BCUT2D eigenvalue weighted by Gasteiger charge is 2.27. The summed E-state index contributed by atoms with van der Waals surface area (Å²) in [5, 5.41) is 0.855. The molecule has 5 heteroatoms. The Morgan fingerprint density at radius 2 is 1.90 bits per heavy atom. The monoisotopic (exact) mass is 301 g/mol. The van der Waals surface area contributed by atoms with Crippen LogP contribution in [0.4, 0.5) is 0 Å². The van der Waals surface area contributed by atoms with Crippen molar-refractivity contribution in [1.29, 1.82) is 0 Å². The van der Waals surface area contributed by atoms with E-state index in [2.05, 4.69) is 34.8 Å². The van der Waals surface area contributed by atoms with Gasteiger partial charge in [0, 0.05) is 26.2 Å². The summed E-state index contributed by atoms with van der Waals surface area (Å²) >= 11 is 1.50. The van der Waals surface area contributed by atoms with Crippen LogP contribution >= 0.6 is 11.8 Å². The van der Waals surface area contributed by atoms with Gasteiger partial charge in [0.15, 0.2) is 5.17 Å². The van der Waals surface area contributed by atoms with Crippen LogP contribution in [0.25, 0.3) is 6.08 Å². The molecule has 0 unspecified atom stereocenters. The lowest BCUT2D eigenvalue weighted by Crippen LogP contribution is -2.46. The zero-order chi connectivity index (χ0) is 14.8. The number of carbonyl (C=O) groups is 1. The Morgan fingerprint density at radius 3 is 2.62 bits per heavy atom. The Labute approximate surface area is 129 Å². The lowest BCUT2D eigenvalue weighted by Gasteiger charge is -2.32. The summed E-state index contributed by atoms with van der Waals surface area (Å²) < 4.78 is 0. The number of aryl methyl sites for hydroxylation is 1. The first-order valence-electron chi connectivity index (χ1n) is 7.15. The molecule has 0 saturated carbocycles. The van der Waals surface area contributed by atoms with E-state index in [-0.39, 0.29) is 5.91 Å². The van der Waals surface area contributed by atoms with Gasteiger partial charge in [-0.2, -0.15) is 4.99 Å². The second kappa shape index (κ2) is 6.03. The van der Waals surface area contributed by atoms with Crippen molar-refractivity contribution in [3.63, 3.8) is 0 Å². The molecule has 2 aliphatic rings. The van der Waals surface area contributed by atoms with Crippen molar-refractivity contribution < 1.29 is 4.79 Å². The first kappa shape index (κ1) is 14.4. The second-order valence-corrected chi connectivity index (χ2v) is 6.47. The van der Waals surface area contributed by atoms with E-state index >= 15 is 0 Å². The summed E-state index contributed by atoms with van der Waals surface area (Å²) in [6.07, 6.45) is 1.95. The minimum atomic E-state index is -0.114. The summed E-state index contributed by atoms with van der Waals surface area (Å²) in [4.78, 5) is 21.5. The van der Waals surface area contributed by atoms with E-state index in [1.807, 2.05) is 24.3 Å². The van der Waals surface area contributed by atoms with E-state index in [1.165, 1.54) is 17.3 Å². The summed E-state index contributed by atoms with van der Waals surface area (Å²) in [6.45, 7) is 5.97. The topological polar surface area (TPSA) is 35.9 Å². The molecule has 21 heavy (non-hydrogen) atoms. The first-order chi connectivity index (χ1) is 10.1. The summed E-state index contributed by atoms with van der Waals surface area (Å²) in [5.41, 5.74) is 2.26. The fraction of sp³-hybridized carbons (Fsp3) is 0.375. The summed E-state index contributed by atoms with van der Waals surface area (Å²) in [5.74, 6) is -0.114. The van der Waals surface area contributed by atoms with Crippen LogP contribution in [-0.4, -0.2) is 54.1 Å². The van der Waals surface area contributed by atoms with Crippen LogP contribution in [0.5, 0.6) is 0 Å². The molecule has 0 spiro atoms. The zero-order valence-corrected chi connectivity index (χ0v) is 13.2. The zero-order valence-electron chi connectivity index (χ0n) is 12.4. The standard InChI is InChI=1S/C16H19N3OS/c1-12-5-3-4-6-13(12)11-14-15(20)17-16(21-14)19-9-7-18(2)8-10-19/h3-6,11H,7-10H2,1-2H3/b14-11-. The third-order valence-electron chi connectivity index (χ3n) is 3.86. The number of nitrogens with zero attached hydrogens (tertiary/aromatic N) is 3. The van der Waals surface area contributed by atoms with Crippen molar-refractivity contribution in [3.05, 3.63) is 40.3 Å². The lowest BCUT2D eigenvalue weighted by molar-refractivity contribution is -0.113. The molecule has 1 aromatic rings. The molecule has 4 nitrogen and oxygen atoms in total. The molecule has 0 aliphatic carbocycles. The van der Waals surface area contributed by atoms with Crippen molar-refractivity contribution in [2.75, 3.05) is 33.2 Å². The second-order valence-electron chi connectivity index (χ2n) is 5.46. The van der Waals surface area contributed by atoms with Crippen molar-refractivity contribution in [3.8, 4) is 0 Å². The smallest absolute Gasteiger partial charge is 0.286 e. The Hall–Kier alpha value is -1.59. The Balaban J connectivity index is 1.74. The van der Waals surface area contributed by atoms with E-state index in [0.29, 0.717) is 0 Å². The van der Waals surface area contributed by atoms with Crippen LogP contribution in [0.1, 0.15) is 11.1 Å². The van der Waals surface area contributed by atoms with Gasteiger partial charge in [-0.3, -0.25) is 4.79 Å². The quantitative estimate of drug-likeness (QED) is 0.745. The molecule has 110 valence electrons. The SMILES string of the molecule is Cc1ccccc1/C=C1\SC(N2CCN(C)CC2)=NC1=O. The van der Waals surface area contributed by atoms with Gasteiger partial charge in [-0.1, -0.05) is 24.3 Å². The molecule has 3 rings (SSSR count). The minimum absolute atomic E-state index is 0.114. The number of amidine groups is 1. The Bertz CT molecular complexity index is 616. The molecule has 1 fully saturated rings. The maximum Gasteiger partial charge on any atom is 0.286 e. The minimum Gasteiger partial charge on any atom is -0.348 e. The van der Waals surface area contributed by atoms with Crippen molar-refractivity contribution in [2.24, 2.45) is 4.99 Å². The van der Waals surface area contributed by atoms with Crippen molar-refractivity contribution >= 4 is 28.9 Å². The van der Waals surface area contributed by atoms with Crippen LogP contribution in [0.2, 0.25) is 0 Å². The van der Waals surface area contributed by atoms with E-state index in [1.54, 1.807) is 0 Å². The summed E-state index contributed by atoms with van der Waals surface area (Å²) in [7, 11) is 2.12. The molecule has 1 saturated heterocycles. The number of likely N-dealkylation sites (N-methyl/N-ethyl adjacent to an activating group) is 1. The number of rotatable bonds is 1. The van der Waals surface area contributed by atoms with Gasteiger partial charge in [-0.05, 0) is 42.9 Å². The van der Waals surface area contributed by atoms with E-state index in [0.717, 1.165) is 41.8 Å². The van der Waals surface area contributed by atoms with Gasteiger partial charge in [0.2, 0.25) is 0 Å². The highest BCUT2D eigenvalue weighted by atomic mass is 32.2. The van der Waals surface area contributed by atoms with Crippen LogP contribution in [0.3, 0.4) is 0 Å². The van der Waals surface area contributed by atoms with E-state index in [9.17, 15) is 4.79 Å². The number of amides is 1. The third-order valence-corrected chi connectivity index (χ3v) is 4.90. The maximum absolute atomic E-state index is 12.1. The van der Waals surface area contributed by atoms with Gasteiger partial charge in [-0.15, -0.1) is 0 Å². The molecule has 0 radical (unpaired) electrons. The number of aliphatic imine (C=N–C) groups is 1. The first-order valence-corrected chi connectivity index (χ1v) is 7.97. The number of hydrogen-bond acceptors (Lipinski definition) is 4. The number of hydrogen-bond donors (Lipinski definition) is 0. The molecule has 0 N–H and O–H groups in total. The molecule has 2 aliphatic heterocycles. The van der Waals surface area contributed by atoms with Gasteiger partial charge in [-0.25, -0.2) is 0 Å². The molecule has 0 atom stereocenters. The third kappa shape index (κ3) is 3.19. The van der Waals surface area contributed by atoms with Gasteiger partial charge in [0.25, 0.3) is 5.91 Å². The summed E-state index contributed by atoms with van der Waals surface area (Å²) in [6, 6.07) is 8.08. The van der Waals surface area contributed by atoms with Crippen molar-refractivity contribution in [2.45, 2.75) is 6.92 Å². The van der Waals surface area contributed by atoms with Gasteiger partial charge < -0.3 is 9.80 Å². The fourth-order valence-corrected chi connectivity index (χ4v) is 3.38. The van der Waals surface area contributed by atoms with E-state index in [4.69, 9.17) is 0 Å². The van der Waals surface area contributed by atoms with E-state index < -0.39 is 0 Å². The molecular weight excluding hydrogens is 282 g/mol. The molecule has 1 amide bonds. The number of benzene rings is 1. The highest BCUT2D eigenvalue weighted by Crippen LogP contribution is 2.31. The number of thioether (sulfide) groups is 1. The predicted molar refractivity (Wildman–Crippen MR) is 88.3 cm³/mol. The molecule has 0 aromatic heterocycles. The van der Waals surface area contributed by atoms with Crippen LogP contribution in [0.15, 0.2) is 34.2 Å². The maximum atomic E-state index is 12.1. The van der Waals surface area contributed by atoms with Crippen LogP contribution in [0, 0.1) is 6.92 Å². The Morgan fingerprint density at radius 1 is 1.19 bits per heavy atom. The predicted octanol–water partition coefficient (Wildman–Crippen LogP) is 2.21. The van der Waals surface area contributed by atoms with Crippen LogP contribution < -0.4 is 0 Å². The molecular formula is C16H19N3OS. The fourth-order valence-electron chi connectivity index (χ4n) is 2.42. The average Bonchev–Trinajstić information content (AvgIpc) is 2.83. The van der Waals surface area contributed by atoms with Gasteiger partial charge in [0.1, 0.15) is 0 Å². The van der Waals surface area contributed by atoms with Gasteiger partial charge >= 0.3 is 0 Å². The average molecular weight is 301 g/mol. The largest absolute Gasteiger partial charge is 0.348 e. The Kier molecular flexibility index (Phi) is 4.12. The molecule has 2 heterocycles. The lowest BCUT2D eigenvalue weighted by atomic mass is 10.1. The number of piperazine rings is 1. The highest BCUT2D eigenvalue weighted by molar-refractivity contribution is 8.18. The molecule has 0 bridgehead atoms. The van der Waals surface area contributed by atoms with Gasteiger partial charge in [0.05, 0.1) is 4.91 Å².